The molecule has 0 saturated carbocycles. The molecule has 122 valence electrons. The van der Waals surface area contributed by atoms with Gasteiger partial charge in [0.05, 0.1) is 13.2 Å². The number of β-amino-alcohol motifs (C(OH)–C–C–N with tert-alkyl or cyclic N) is 1. The molecule has 5 heteroatoms. The van der Waals surface area contributed by atoms with E-state index in [0.29, 0.717) is 12.5 Å². The third kappa shape index (κ3) is 5.93. The van der Waals surface area contributed by atoms with Crippen molar-refractivity contribution in [2.75, 3.05) is 59.0 Å². The van der Waals surface area contributed by atoms with Crippen LogP contribution >= 0.6 is 0 Å². The van der Waals surface area contributed by atoms with Gasteiger partial charge in [0.15, 0.2) is 0 Å². The fourth-order valence-corrected chi connectivity index (χ4v) is 3.34. The van der Waals surface area contributed by atoms with Crippen LogP contribution in [0, 0.1) is 0 Å². The van der Waals surface area contributed by atoms with Crippen molar-refractivity contribution in [3.8, 4) is 0 Å². The van der Waals surface area contributed by atoms with Crippen LogP contribution in [0.1, 0.15) is 38.5 Å². The van der Waals surface area contributed by atoms with Crippen molar-refractivity contribution < 1.29 is 9.90 Å². The average molecular weight is 297 g/mol. The molecule has 1 N–H and O–H groups in total. The molecule has 2 aliphatic heterocycles. The molecule has 2 rings (SSSR count). The molecule has 2 aliphatic rings. The molecule has 2 saturated heterocycles. The maximum atomic E-state index is 12.5. The van der Waals surface area contributed by atoms with Crippen LogP contribution in [-0.2, 0) is 4.79 Å². The molecular formula is C16H31N3O2. The van der Waals surface area contributed by atoms with E-state index in [1.807, 2.05) is 0 Å². The highest BCUT2D eigenvalue weighted by molar-refractivity contribution is 5.78. The van der Waals surface area contributed by atoms with E-state index in [4.69, 9.17) is 5.11 Å². The summed E-state index contributed by atoms with van der Waals surface area (Å²) in [7, 11) is 0. The molecule has 0 aliphatic carbocycles. The van der Waals surface area contributed by atoms with Crippen LogP contribution in [0.15, 0.2) is 0 Å². The summed E-state index contributed by atoms with van der Waals surface area (Å²) >= 11 is 0. The monoisotopic (exact) mass is 297 g/mol. The summed E-state index contributed by atoms with van der Waals surface area (Å²) in [5.74, 6) is 0.313. The summed E-state index contributed by atoms with van der Waals surface area (Å²) in [5, 5.41) is 9.03. The standard InChI is InChI=1S/C16H31N3O2/c20-14-13-17-7-6-8-18(12-11-17)15-16(21)19-9-4-2-1-3-5-10-19/h20H,1-15H2. The van der Waals surface area contributed by atoms with Crippen LogP contribution in [0.3, 0.4) is 0 Å². The highest BCUT2D eigenvalue weighted by Gasteiger charge is 2.20. The highest BCUT2D eigenvalue weighted by atomic mass is 16.3. The minimum atomic E-state index is 0.229. The van der Waals surface area contributed by atoms with Gasteiger partial charge in [0.2, 0.25) is 5.91 Å². The van der Waals surface area contributed by atoms with Gasteiger partial charge in [0.25, 0.3) is 0 Å². The summed E-state index contributed by atoms with van der Waals surface area (Å²) in [4.78, 5) is 19.1. The van der Waals surface area contributed by atoms with E-state index in [0.717, 1.165) is 65.1 Å². The molecule has 0 unspecified atom stereocenters. The minimum absolute atomic E-state index is 0.229. The predicted molar refractivity (Wildman–Crippen MR) is 84.2 cm³/mol. The molecule has 0 radical (unpaired) electrons. The minimum Gasteiger partial charge on any atom is -0.395 e. The smallest absolute Gasteiger partial charge is 0.236 e. The van der Waals surface area contributed by atoms with E-state index in [1.54, 1.807) is 0 Å². The number of carbonyl (C=O) groups is 1. The maximum absolute atomic E-state index is 12.5. The second-order valence-corrected chi connectivity index (χ2v) is 6.34. The van der Waals surface area contributed by atoms with E-state index in [9.17, 15) is 4.79 Å². The second kappa shape index (κ2) is 9.38. The van der Waals surface area contributed by atoms with E-state index in [-0.39, 0.29) is 6.61 Å². The average Bonchev–Trinajstić information content (AvgIpc) is 2.64. The van der Waals surface area contributed by atoms with Gasteiger partial charge in [-0.2, -0.15) is 0 Å². The van der Waals surface area contributed by atoms with Gasteiger partial charge >= 0.3 is 0 Å². The van der Waals surface area contributed by atoms with Crippen molar-refractivity contribution in [3.63, 3.8) is 0 Å². The Balaban J connectivity index is 1.75. The van der Waals surface area contributed by atoms with Gasteiger partial charge in [0.1, 0.15) is 0 Å². The van der Waals surface area contributed by atoms with E-state index in [1.165, 1.54) is 19.3 Å². The van der Waals surface area contributed by atoms with Gasteiger partial charge in [0, 0.05) is 32.7 Å². The Kier molecular flexibility index (Phi) is 7.47. The first-order valence-electron chi connectivity index (χ1n) is 8.63. The van der Waals surface area contributed by atoms with Gasteiger partial charge in [-0.3, -0.25) is 14.6 Å². The molecular weight excluding hydrogens is 266 g/mol. The summed E-state index contributed by atoms with van der Waals surface area (Å²) in [6, 6.07) is 0. The Morgan fingerprint density at radius 1 is 0.762 bits per heavy atom. The summed E-state index contributed by atoms with van der Waals surface area (Å²) in [6.45, 7) is 7.41. The Hall–Kier alpha value is -0.650. The number of aliphatic hydroxyl groups excluding tert-OH is 1. The van der Waals surface area contributed by atoms with Gasteiger partial charge in [-0.1, -0.05) is 19.3 Å². The molecule has 2 heterocycles. The lowest BCUT2D eigenvalue weighted by Crippen LogP contribution is -2.43. The Labute approximate surface area is 128 Å². The van der Waals surface area contributed by atoms with Crippen LogP contribution in [0.5, 0.6) is 0 Å². The van der Waals surface area contributed by atoms with Crippen molar-refractivity contribution in [1.82, 2.24) is 14.7 Å². The number of likely N-dealkylation sites (tertiary alicyclic amines) is 1. The summed E-state index contributed by atoms with van der Waals surface area (Å²) in [6.07, 6.45) is 7.28. The first-order chi connectivity index (χ1) is 10.3. The predicted octanol–water partition coefficient (Wildman–Crippen LogP) is 0.779. The molecule has 0 atom stereocenters. The third-order valence-corrected chi connectivity index (χ3v) is 4.67. The number of amides is 1. The largest absolute Gasteiger partial charge is 0.395 e. The van der Waals surface area contributed by atoms with Crippen molar-refractivity contribution >= 4 is 5.91 Å². The molecule has 0 aromatic heterocycles. The first-order valence-corrected chi connectivity index (χ1v) is 8.63. The molecule has 5 nitrogen and oxygen atoms in total. The topological polar surface area (TPSA) is 47.0 Å². The normalized spacial score (nSPS) is 23.4. The lowest BCUT2D eigenvalue weighted by atomic mass is 10.1. The third-order valence-electron chi connectivity index (χ3n) is 4.67. The van der Waals surface area contributed by atoms with E-state index >= 15 is 0 Å². The first kappa shape index (κ1) is 16.7. The van der Waals surface area contributed by atoms with Crippen molar-refractivity contribution in [1.29, 1.82) is 0 Å². The maximum Gasteiger partial charge on any atom is 0.236 e. The molecule has 1 amide bonds. The zero-order chi connectivity index (χ0) is 14.9. The highest BCUT2D eigenvalue weighted by Crippen LogP contribution is 2.11. The Morgan fingerprint density at radius 3 is 2.10 bits per heavy atom. The van der Waals surface area contributed by atoms with Gasteiger partial charge < -0.3 is 10.0 Å². The van der Waals surface area contributed by atoms with Gasteiger partial charge in [-0.15, -0.1) is 0 Å². The zero-order valence-corrected chi connectivity index (χ0v) is 13.3. The number of carbonyl (C=O) groups excluding carboxylic acids is 1. The molecule has 0 bridgehead atoms. The van der Waals surface area contributed by atoms with E-state index in [2.05, 4.69) is 14.7 Å². The van der Waals surface area contributed by atoms with Crippen LogP contribution in [-0.4, -0.2) is 84.7 Å². The van der Waals surface area contributed by atoms with Crippen molar-refractivity contribution in [3.05, 3.63) is 0 Å². The molecule has 21 heavy (non-hydrogen) atoms. The number of nitrogens with zero attached hydrogens (tertiary/aromatic N) is 3. The Bertz CT molecular complexity index is 304. The summed E-state index contributed by atoms with van der Waals surface area (Å²) < 4.78 is 0. The summed E-state index contributed by atoms with van der Waals surface area (Å²) in [5.41, 5.74) is 0. The number of hydrogen-bond donors (Lipinski definition) is 1. The second-order valence-electron chi connectivity index (χ2n) is 6.34. The zero-order valence-electron chi connectivity index (χ0n) is 13.3. The van der Waals surface area contributed by atoms with Crippen molar-refractivity contribution in [2.24, 2.45) is 0 Å². The lowest BCUT2D eigenvalue weighted by Gasteiger charge is -2.28. The number of hydrogen-bond acceptors (Lipinski definition) is 4. The lowest BCUT2D eigenvalue weighted by molar-refractivity contribution is -0.132. The number of aliphatic hydroxyl groups is 1. The van der Waals surface area contributed by atoms with Crippen LogP contribution < -0.4 is 0 Å². The molecule has 0 aromatic carbocycles. The van der Waals surface area contributed by atoms with Crippen molar-refractivity contribution in [2.45, 2.75) is 38.5 Å². The van der Waals surface area contributed by atoms with E-state index < -0.39 is 0 Å². The fourth-order valence-electron chi connectivity index (χ4n) is 3.34. The molecule has 0 spiro atoms. The molecule has 2 fully saturated rings. The van der Waals surface area contributed by atoms with Crippen LogP contribution in [0.4, 0.5) is 0 Å². The van der Waals surface area contributed by atoms with Crippen LogP contribution in [0.2, 0.25) is 0 Å². The molecule has 0 aromatic rings. The SMILES string of the molecule is O=C(CN1CCCN(CCO)CC1)N1CCCCCCC1. The van der Waals surface area contributed by atoms with Gasteiger partial charge in [-0.05, 0) is 32.4 Å². The number of rotatable bonds is 4. The van der Waals surface area contributed by atoms with Crippen LogP contribution in [0.25, 0.3) is 0 Å². The Morgan fingerprint density at radius 2 is 1.38 bits per heavy atom. The van der Waals surface area contributed by atoms with Gasteiger partial charge in [-0.25, -0.2) is 0 Å². The quantitative estimate of drug-likeness (QED) is 0.833. The fraction of sp³-hybridized carbons (Fsp3) is 0.938.